The van der Waals surface area contributed by atoms with Crippen LogP contribution in [0, 0.1) is 5.92 Å². The lowest BCUT2D eigenvalue weighted by Crippen LogP contribution is -2.52. The van der Waals surface area contributed by atoms with Gasteiger partial charge in [-0.05, 0) is 25.7 Å². The predicted octanol–water partition coefficient (Wildman–Crippen LogP) is 0.970. The van der Waals surface area contributed by atoms with E-state index in [0.29, 0.717) is 19.7 Å². The van der Waals surface area contributed by atoms with Crippen LogP contribution >= 0.6 is 0 Å². The van der Waals surface area contributed by atoms with Crippen LogP contribution in [0.15, 0.2) is 0 Å². The van der Waals surface area contributed by atoms with Crippen molar-refractivity contribution in [2.75, 3.05) is 40.4 Å². The van der Waals surface area contributed by atoms with E-state index in [4.69, 9.17) is 4.74 Å². The fraction of sp³-hybridized carbons (Fsp3) is 0.938. The maximum Gasteiger partial charge on any atom is 0.281 e. The average Bonchev–Trinajstić information content (AvgIpc) is 2.62. The molecule has 1 aliphatic heterocycles. The molecule has 1 atom stereocenters. The second-order valence-corrected chi connectivity index (χ2v) is 8.78. The van der Waals surface area contributed by atoms with Crippen LogP contribution in [0.3, 0.4) is 0 Å². The van der Waals surface area contributed by atoms with Gasteiger partial charge < -0.3 is 10.1 Å². The zero-order valence-corrected chi connectivity index (χ0v) is 15.7. The zero-order chi connectivity index (χ0) is 17.6. The minimum absolute atomic E-state index is 0.0766. The molecule has 2 aliphatic rings. The highest BCUT2D eigenvalue weighted by Crippen LogP contribution is 2.27. The molecule has 24 heavy (non-hydrogen) atoms. The lowest BCUT2D eigenvalue weighted by atomic mass is 9.96. The summed E-state index contributed by atoms with van der Waals surface area (Å²) in [4.78, 5) is 12.2. The van der Waals surface area contributed by atoms with Gasteiger partial charge in [-0.3, -0.25) is 4.79 Å². The van der Waals surface area contributed by atoms with Gasteiger partial charge in [0.05, 0.1) is 12.5 Å². The highest BCUT2D eigenvalue weighted by molar-refractivity contribution is 7.86. The van der Waals surface area contributed by atoms with E-state index in [2.05, 4.69) is 5.32 Å². The Kier molecular flexibility index (Phi) is 7.46. The number of hydrogen-bond donors (Lipinski definition) is 1. The first-order valence-electron chi connectivity index (χ1n) is 8.96. The third-order valence-electron chi connectivity index (χ3n) is 5.14. The second kappa shape index (κ2) is 9.12. The molecule has 140 valence electrons. The Morgan fingerprint density at radius 1 is 1.21 bits per heavy atom. The summed E-state index contributed by atoms with van der Waals surface area (Å²) >= 11 is 0. The minimum atomic E-state index is -3.49. The number of ether oxygens (including phenoxy) is 1. The molecule has 1 heterocycles. The van der Waals surface area contributed by atoms with Crippen molar-refractivity contribution in [3.8, 4) is 0 Å². The van der Waals surface area contributed by atoms with Crippen LogP contribution in [0.5, 0.6) is 0 Å². The van der Waals surface area contributed by atoms with Gasteiger partial charge in [0, 0.05) is 39.8 Å². The molecule has 0 aromatic heterocycles. The van der Waals surface area contributed by atoms with Crippen LogP contribution < -0.4 is 5.32 Å². The van der Waals surface area contributed by atoms with Gasteiger partial charge in [0.25, 0.3) is 10.2 Å². The Balaban J connectivity index is 1.95. The first-order chi connectivity index (χ1) is 11.5. The second-order valence-electron chi connectivity index (χ2n) is 6.80. The number of nitrogens with one attached hydrogen (secondary N) is 1. The summed E-state index contributed by atoms with van der Waals surface area (Å²) in [6, 6.07) is 0.0969. The van der Waals surface area contributed by atoms with Gasteiger partial charge in [-0.1, -0.05) is 19.3 Å². The molecule has 2 rings (SSSR count). The zero-order valence-electron chi connectivity index (χ0n) is 14.9. The maximum atomic E-state index is 12.9. The van der Waals surface area contributed by atoms with Crippen LogP contribution in [0.1, 0.15) is 44.9 Å². The molecule has 0 aromatic carbocycles. The van der Waals surface area contributed by atoms with Crippen LogP contribution in [-0.4, -0.2) is 69.4 Å². The third-order valence-corrected chi connectivity index (χ3v) is 7.15. The Labute approximate surface area is 145 Å². The third kappa shape index (κ3) is 4.91. The van der Waals surface area contributed by atoms with Crippen molar-refractivity contribution < 1.29 is 17.9 Å². The Bertz CT molecular complexity index is 505. The lowest BCUT2D eigenvalue weighted by molar-refractivity contribution is -0.126. The Hall–Kier alpha value is -0.700. The molecule has 1 saturated carbocycles. The molecule has 0 bridgehead atoms. The predicted molar refractivity (Wildman–Crippen MR) is 92.7 cm³/mol. The highest BCUT2D eigenvalue weighted by Gasteiger charge is 2.37. The SMILES string of the molecule is COCCNC(=O)C1CCCN(S(=O)(=O)N(C)C2CCCCC2)C1. The molecule has 2 fully saturated rings. The van der Waals surface area contributed by atoms with Crippen LogP contribution in [0.25, 0.3) is 0 Å². The van der Waals surface area contributed by atoms with Crippen LogP contribution in [-0.2, 0) is 19.7 Å². The van der Waals surface area contributed by atoms with Crippen molar-refractivity contribution in [1.82, 2.24) is 13.9 Å². The smallest absolute Gasteiger partial charge is 0.281 e. The summed E-state index contributed by atoms with van der Waals surface area (Å²) in [5, 5.41) is 2.82. The standard InChI is InChI=1S/C16H31N3O4S/c1-18(15-8-4-3-5-9-15)24(21,22)19-11-6-7-14(13-19)16(20)17-10-12-23-2/h14-15H,3-13H2,1-2H3,(H,17,20). The number of carbonyl (C=O) groups excluding carboxylic acids is 1. The number of nitrogens with zero attached hydrogens (tertiary/aromatic N) is 2. The first kappa shape index (κ1) is 19.6. The molecular weight excluding hydrogens is 330 g/mol. The van der Waals surface area contributed by atoms with E-state index in [-0.39, 0.29) is 24.4 Å². The maximum absolute atomic E-state index is 12.9. The normalized spacial score (nSPS) is 24.2. The van der Waals surface area contributed by atoms with Crippen LogP contribution in [0.4, 0.5) is 0 Å². The average molecular weight is 362 g/mol. The molecule has 1 saturated heterocycles. The van der Waals surface area contributed by atoms with Gasteiger partial charge in [-0.25, -0.2) is 0 Å². The summed E-state index contributed by atoms with van der Waals surface area (Å²) < 4.78 is 33.8. The first-order valence-corrected chi connectivity index (χ1v) is 10.4. The van der Waals surface area contributed by atoms with Crippen LogP contribution in [0.2, 0.25) is 0 Å². The van der Waals surface area contributed by atoms with E-state index >= 15 is 0 Å². The van der Waals surface area contributed by atoms with Crippen molar-refractivity contribution in [2.24, 2.45) is 5.92 Å². The highest BCUT2D eigenvalue weighted by atomic mass is 32.2. The Morgan fingerprint density at radius 2 is 1.92 bits per heavy atom. The molecule has 1 amide bonds. The van der Waals surface area contributed by atoms with E-state index in [1.54, 1.807) is 14.2 Å². The number of carbonyl (C=O) groups is 1. The lowest BCUT2D eigenvalue weighted by Gasteiger charge is -2.37. The van der Waals surface area contributed by atoms with Crippen molar-refractivity contribution in [3.63, 3.8) is 0 Å². The molecule has 1 aliphatic carbocycles. The fourth-order valence-electron chi connectivity index (χ4n) is 3.60. The van der Waals surface area contributed by atoms with Gasteiger partial charge >= 0.3 is 0 Å². The van der Waals surface area contributed by atoms with Crippen molar-refractivity contribution in [3.05, 3.63) is 0 Å². The van der Waals surface area contributed by atoms with Crippen molar-refractivity contribution >= 4 is 16.1 Å². The molecule has 8 heteroatoms. The van der Waals surface area contributed by atoms with E-state index in [1.807, 2.05) is 0 Å². The molecule has 1 unspecified atom stereocenters. The molecule has 1 N–H and O–H groups in total. The number of amides is 1. The summed E-state index contributed by atoms with van der Waals surface area (Å²) in [6.07, 6.45) is 6.70. The van der Waals surface area contributed by atoms with Crippen molar-refractivity contribution in [1.29, 1.82) is 0 Å². The quantitative estimate of drug-likeness (QED) is 0.686. The monoisotopic (exact) mass is 361 g/mol. The van der Waals surface area contributed by atoms with Gasteiger partial charge in [-0.15, -0.1) is 0 Å². The van der Waals surface area contributed by atoms with E-state index in [0.717, 1.165) is 38.5 Å². The largest absolute Gasteiger partial charge is 0.383 e. The number of rotatable bonds is 7. The number of methoxy groups -OCH3 is 1. The van der Waals surface area contributed by atoms with E-state index < -0.39 is 10.2 Å². The fourth-order valence-corrected chi connectivity index (χ4v) is 5.28. The van der Waals surface area contributed by atoms with E-state index in [9.17, 15) is 13.2 Å². The summed E-state index contributed by atoms with van der Waals surface area (Å²) in [5.41, 5.74) is 0. The minimum Gasteiger partial charge on any atom is -0.383 e. The topological polar surface area (TPSA) is 79.0 Å². The van der Waals surface area contributed by atoms with Crippen molar-refractivity contribution in [2.45, 2.75) is 51.0 Å². The summed E-state index contributed by atoms with van der Waals surface area (Å²) in [5.74, 6) is -0.350. The van der Waals surface area contributed by atoms with Gasteiger partial charge in [0.2, 0.25) is 5.91 Å². The number of hydrogen-bond acceptors (Lipinski definition) is 4. The number of piperidine rings is 1. The molecular formula is C16H31N3O4S. The van der Waals surface area contributed by atoms with Gasteiger partial charge in [0.1, 0.15) is 0 Å². The van der Waals surface area contributed by atoms with E-state index in [1.165, 1.54) is 15.0 Å². The summed E-state index contributed by atoms with van der Waals surface area (Å²) in [7, 11) is -0.218. The molecule has 0 aromatic rings. The molecule has 0 radical (unpaired) electrons. The van der Waals surface area contributed by atoms with Gasteiger partial charge in [-0.2, -0.15) is 17.0 Å². The summed E-state index contributed by atoms with van der Waals surface area (Å²) in [6.45, 7) is 1.70. The molecule has 0 spiro atoms. The molecule has 7 nitrogen and oxygen atoms in total. The Morgan fingerprint density at radius 3 is 2.58 bits per heavy atom. The van der Waals surface area contributed by atoms with Gasteiger partial charge in [0.15, 0.2) is 0 Å².